The van der Waals surface area contributed by atoms with E-state index in [0.717, 1.165) is 27.2 Å². The number of hydrogen-bond acceptors (Lipinski definition) is 4. The summed E-state index contributed by atoms with van der Waals surface area (Å²) in [7, 11) is 1.41. The van der Waals surface area contributed by atoms with E-state index in [1.54, 1.807) is 0 Å². The Labute approximate surface area is 182 Å². The molecule has 2 aromatic rings. The summed E-state index contributed by atoms with van der Waals surface area (Å²) in [4.78, 5) is 37.3. The second kappa shape index (κ2) is 9.64. The van der Waals surface area contributed by atoms with Crippen LogP contribution in [0.25, 0.3) is 11.1 Å². The Morgan fingerprint density at radius 2 is 1.61 bits per heavy atom. The van der Waals surface area contributed by atoms with Gasteiger partial charge in [-0.05, 0) is 28.2 Å². The number of benzene rings is 2. The number of fused-ring (bicyclic) bond motifs is 3. The van der Waals surface area contributed by atoms with Crippen LogP contribution in [0.1, 0.15) is 37.3 Å². The third kappa shape index (κ3) is 4.87. The Kier molecular flexibility index (Phi) is 6.95. The van der Waals surface area contributed by atoms with E-state index in [4.69, 9.17) is 9.84 Å². The normalized spacial score (nSPS) is 14.2. The molecule has 7 heteroatoms. The minimum Gasteiger partial charge on any atom is -0.480 e. The number of nitrogens with zero attached hydrogens (tertiary/aromatic N) is 1. The molecule has 0 heterocycles. The molecule has 1 unspecified atom stereocenters. The largest absolute Gasteiger partial charge is 0.480 e. The smallest absolute Gasteiger partial charge is 0.407 e. The first kappa shape index (κ1) is 22.3. The SMILES string of the molecule is CCC(C)[C@H](NC(=O)OCC1c2ccccc2-c2ccccc21)C(=O)N(C)CC(=O)O. The lowest BCUT2D eigenvalue weighted by atomic mass is 9.98. The number of likely N-dealkylation sites (N-methyl/N-ethyl adjacent to an activating group) is 1. The van der Waals surface area contributed by atoms with Crippen molar-refractivity contribution < 1.29 is 24.2 Å². The van der Waals surface area contributed by atoms with Crippen molar-refractivity contribution in [1.82, 2.24) is 10.2 Å². The van der Waals surface area contributed by atoms with Gasteiger partial charge in [0.25, 0.3) is 0 Å². The quantitative estimate of drug-likeness (QED) is 0.676. The van der Waals surface area contributed by atoms with Gasteiger partial charge in [0.15, 0.2) is 0 Å². The first-order chi connectivity index (χ1) is 14.8. The number of alkyl carbamates (subject to hydrolysis) is 1. The molecule has 7 nitrogen and oxygen atoms in total. The van der Waals surface area contributed by atoms with Crippen molar-refractivity contribution in [2.75, 3.05) is 20.2 Å². The fourth-order valence-electron chi connectivity index (χ4n) is 3.97. The van der Waals surface area contributed by atoms with Crippen molar-refractivity contribution in [2.24, 2.45) is 5.92 Å². The van der Waals surface area contributed by atoms with E-state index >= 15 is 0 Å². The van der Waals surface area contributed by atoms with Crippen LogP contribution in [0.5, 0.6) is 0 Å². The molecule has 2 atom stereocenters. The van der Waals surface area contributed by atoms with Crippen molar-refractivity contribution in [3.8, 4) is 11.1 Å². The highest BCUT2D eigenvalue weighted by Crippen LogP contribution is 2.44. The van der Waals surface area contributed by atoms with E-state index in [0.29, 0.717) is 6.42 Å². The lowest BCUT2D eigenvalue weighted by Gasteiger charge is -2.27. The van der Waals surface area contributed by atoms with Gasteiger partial charge in [-0.25, -0.2) is 4.79 Å². The number of nitrogens with one attached hydrogen (secondary N) is 1. The van der Waals surface area contributed by atoms with Crippen molar-refractivity contribution in [2.45, 2.75) is 32.2 Å². The maximum atomic E-state index is 12.7. The number of aliphatic carboxylic acids is 1. The fourth-order valence-corrected chi connectivity index (χ4v) is 3.97. The topological polar surface area (TPSA) is 95.9 Å². The fraction of sp³-hybridized carbons (Fsp3) is 0.375. The average molecular weight is 424 g/mol. The molecule has 164 valence electrons. The van der Waals surface area contributed by atoms with Crippen LogP contribution in [0.3, 0.4) is 0 Å². The Morgan fingerprint density at radius 1 is 1.06 bits per heavy atom. The first-order valence-electron chi connectivity index (χ1n) is 10.4. The van der Waals surface area contributed by atoms with Crippen LogP contribution >= 0.6 is 0 Å². The summed E-state index contributed by atoms with van der Waals surface area (Å²) in [5, 5.41) is 11.6. The Morgan fingerprint density at radius 3 is 2.13 bits per heavy atom. The molecule has 0 spiro atoms. The van der Waals surface area contributed by atoms with Crippen molar-refractivity contribution in [3.05, 3.63) is 59.7 Å². The maximum absolute atomic E-state index is 12.7. The van der Waals surface area contributed by atoms with Crippen LogP contribution in [0, 0.1) is 5.92 Å². The number of hydrogen-bond donors (Lipinski definition) is 2. The molecule has 31 heavy (non-hydrogen) atoms. The van der Waals surface area contributed by atoms with E-state index in [1.807, 2.05) is 50.2 Å². The van der Waals surface area contributed by atoms with Gasteiger partial charge in [-0.2, -0.15) is 0 Å². The molecule has 0 aromatic heterocycles. The number of carbonyl (C=O) groups is 3. The predicted octanol–water partition coefficient (Wildman–Crippen LogP) is 3.48. The molecule has 1 aliphatic carbocycles. The van der Waals surface area contributed by atoms with Crippen LogP contribution in [0.15, 0.2) is 48.5 Å². The number of carboxylic acids is 1. The summed E-state index contributed by atoms with van der Waals surface area (Å²) in [6.07, 6.45) is -0.0507. The van der Waals surface area contributed by atoms with Crippen LogP contribution in [0.4, 0.5) is 4.79 Å². The van der Waals surface area contributed by atoms with E-state index in [-0.39, 0.29) is 18.4 Å². The first-order valence-corrected chi connectivity index (χ1v) is 10.4. The number of ether oxygens (including phenoxy) is 1. The molecule has 0 radical (unpaired) electrons. The summed E-state index contributed by atoms with van der Waals surface area (Å²) < 4.78 is 5.54. The molecule has 3 rings (SSSR count). The molecular weight excluding hydrogens is 396 g/mol. The lowest BCUT2D eigenvalue weighted by Crippen LogP contribution is -2.51. The van der Waals surface area contributed by atoms with Gasteiger partial charge >= 0.3 is 12.1 Å². The van der Waals surface area contributed by atoms with Gasteiger partial charge in [0.1, 0.15) is 19.2 Å². The van der Waals surface area contributed by atoms with Gasteiger partial charge in [0.05, 0.1) is 0 Å². The third-order valence-electron chi connectivity index (χ3n) is 5.84. The van der Waals surface area contributed by atoms with Gasteiger partial charge in [0.2, 0.25) is 5.91 Å². The second-order valence-electron chi connectivity index (χ2n) is 7.92. The molecule has 2 aromatic carbocycles. The number of rotatable bonds is 8. The molecular formula is C24H28N2O5. The molecule has 1 aliphatic rings. The zero-order valence-corrected chi connectivity index (χ0v) is 18.0. The highest BCUT2D eigenvalue weighted by atomic mass is 16.5. The van der Waals surface area contributed by atoms with Crippen LogP contribution in [0.2, 0.25) is 0 Å². The minimum absolute atomic E-state index is 0.0782. The summed E-state index contributed by atoms with van der Waals surface area (Å²) in [5.41, 5.74) is 4.48. The summed E-state index contributed by atoms with van der Waals surface area (Å²) >= 11 is 0. The van der Waals surface area contributed by atoms with E-state index in [2.05, 4.69) is 17.4 Å². The zero-order chi connectivity index (χ0) is 22.5. The third-order valence-corrected chi connectivity index (χ3v) is 5.84. The van der Waals surface area contributed by atoms with Crippen LogP contribution in [-0.4, -0.2) is 54.2 Å². The van der Waals surface area contributed by atoms with Crippen LogP contribution in [-0.2, 0) is 14.3 Å². The van der Waals surface area contributed by atoms with Crippen molar-refractivity contribution in [3.63, 3.8) is 0 Å². The highest BCUT2D eigenvalue weighted by Gasteiger charge is 2.32. The van der Waals surface area contributed by atoms with Gasteiger partial charge in [-0.15, -0.1) is 0 Å². The molecule has 2 N–H and O–H groups in total. The van der Waals surface area contributed by atoms with E-state index in [1.165, 1.54) is 7.05 Å². The summed E-state index contributed by atoms with van der Waals surface area (Å²) in [5.74, 6) is -1.82. The Hall–Kier alpha value is -3.35. The zero-order valence-electron chi connectivity index (χ0n) is 18.0. The predicted molar refractivity (Wildman–Crippen MR) is 117 cm³/mol. The molecule has 0 saturated heterocycles. The number of carbonyl (C=O) groups excluding carboxylic acids is 2. The molecule has 0 bridgehead atoms. The maximum Gasteiger partial charge on any atom is 0.407 e. The van der Waals surface area contributed by atoms with Gasteiger partial charge in [-0.1, -0.05) is 68.8 Å². The highest BCUT2D eigenvalue weighted by molar-refractivity contribution is 5.88. The van der Waals surface area contributed by atoms with Crippen LogP contribution < -0.4 is 5.32 Å². The lowest BCUT2D eigenvalue weighted by molar-refractivity contribution is -0.144. The number of amides is 2. The number of carboxylic acid groups (broad SMARTS) is 1. The van der Waals surface area contributed by atoms with Gasteiger partial charge < -0.3 is 20.1 Å². The molecule has 0 saturated carbocycles. The Bertz CT molecular complexity index is 928. The standard InChI is InChI=1S/C24H28N2O5/c1-4-15(2)22(23(29)26(3)13-21(27)28)25-24(30)31-14-20-18-11-7-5-9-16(18)17-10-6-8-12-19(17)20/h5-12,15,20,22H,4,13-14H2,1-3H3,(H,25,30)(H,27,28)/t15?,22-/m0/s1. The average Bonchev–Trinajstić information content (AvgIpc) is 3.08. The van der Waals surface area contributed by atoms with Gasteiger partial charge in [0, 0.05) is 13.0 Å². The molecule has 0 fully saturated rings. The molecule has 0 aliphatic heterocycles. The summed E-state index contributed by atoms with van der Waals surface area (Å²) in [6, 6.07) is 15.2. The van der Waals surface area contributed by atoms with E-state index < -0.39 is 30.6 Å². The van der Waals surface area contributed by atoms with Gasteiger partial charge in [-0.3, -0.25) is 9.59 Å². The van der Waals surface area contributed by atoms with E-state index in [9.17, 15) is 14.4 Å². The Balaban J connectivity index is 1.69. The van der Waals surface area contributed by atoms with Crippen molar-refractivity contribution >= 4 is 18.0 Å². The monoisotopic (exact) mass is 424 g/mol. The molecule has 2 amide bonds. The summed E-state index contributed by atoms with van der Waals surface area (Å²) in [6.45, 7) is 3.45. The second-order valence-corrected chi connectivity index (χ2v) is 7.92. The minimum atomic E-state index is -1.11. The van der Waals surface area contributed by atoms with Crippen molar-refractivity contribution in [1.29, 1.82) is 0 Å².